The average Bonchev–Trinajstić information content (AvgIpc) is 3.06. The number of nitrogens with zero attached hydrogens (tertiary/aromatic N) is 2. The van der Waals surface area contributed by atoms with E-state index in [1.54, 1.807) is 23.6 Å². The standard InChI is InChI=1S/C16H16FN3S/c1-11-7-14(17)4-3-13(11)9-19-15-8-16(21-10-15)20-6-5-18-12(20)2/h3-8,10,19H,9H2,1-2H3. The first-order valence-electron chi connectivity index (χ1n) is 6.71. The fraction of sp³-hybridized carbons (Fsp3) is 0.188. The third kappa shape index (κ3) is 2.97. The molecule has 0 fully saturated rings. The van der Waals surface area contributed by atoms with Crippen LogP contribution in [0.2, 0.25) is 0 Å². The number of thiophene rings is 1. The molecule has 108 valence electrons. The number of rotatable bonds is 4. The summed E-state index contributed by atoms with van der Waals surface area (Å²) >= 11 is 1.66. The second-order valence-corrected chi connectivity index (χ2v) is 5.83. The maximum atomic E-state index is 13.1. The molecule has 0 bridgehead atoms. The molecule has 2 aromatic heterocycles. The third-order valence-electron chi connectivity index (χ3n) is 3.44. The monoisotopic (exact) mass is 301 g/mol. The number of benzene rings is 1. The highest BCUT2D eigenvalue weighted by Gasteiger charge is 2.05. The first-order valence-corrected chi connectivity index (χ1v) is 7.59. The van der Waals surface area contributed by atoms with E-state index in [0.717, 1.165) is 27.6 Å². The number of aromatic nitrogens is 2. The fourth-order valence-corrected chi connectivity index (χ4v) is 3.11. The van der Waals surface area contributed by atoms with Crippen molar-refractivity contribution in [3.8, 4) is 5.00 Å². The summed E-state index contributed by atoms with van der Waals surface area (Å²) < 4.78 is 15.1. The molecule has 0 aliphatic heterocycles. The summed E-state index contributed by atoms with van der Waals surface area (Å²) in [7, 11) is 0. The van der Waals surface area contributed by atoms with Crippen LogP contribution in [-0.2, 0) is 6.54 Å². The molecule has 1 N–H and O–H groups in total. The van der Waals surface area contributed by atoms with Crippen LogP contribution in [0.4, 0.5) is 10.1 Å². The molecule has 5 heteroatoms. The number of hydrogen-bond donors (Lipinski definition) is 1. The van der Waals surface area contributed by atoms with Gasteiger partial charge in [-0.15, -0.1) is 11.3 Å². The number of anilines is 1. The van der Waals surface area contributed by atoms with Crippen molar-refractivity contribution >= 4 is 17.0 Å². The lowest BCUT2D eigenvalue weighted by atomic mass is 10.1. The van der Waals surface area contributed by atoms with Gasteiger partial charge in [0.15, 0.2) is 0 Å². The molecule has 3 nitrogen and oxygen atoms in total. The van der Waals surface area contributed by atoms with E-state index in [-0.39, 0.29) is 5.82 Å². The van der Waals surface area contributed by atoms with Crippen LogP contribution in [-0.4, -0.2) is 9.55 Å². The van der Waals surface area contributed by atoms with Gasteiger partial charge in [0.05, 0.1) is 0 Å². The SMILES string of the molecule is Cc1cc(F)ccc1CNc1csc(-n2ccnc2C)c1. The molecule has 3 rings (SSSR count). The summed E-state index contributed by atoms with van der Waals surface area (Å²) in [6, 6.07) is 6.98. The van der Waals surface area contributed by atoms with Crippen molar-refractivity contribution in [2.24, 2.45) is 0 Å². The van der Waals surface area contributed by atoms with Gasteiger partial charge in [0.25, 0.3) is 0 Å². The third-order valence-corrected chi connectivity index (χ3v) is 4.36. The van der Waals surface area contributed by atoms with Crippen LogP contribution in [0.5, 0.6) is 0 Å². The van der Waals surface area contributed by atoms with E-state index < -0.39 is 0 Å². The Morgan fingerprint density at radius 3 is 2.86 bits per heavy atom. The minimum absolute atomic E-state index is 0.190. The van der Waals surface area contributed by atoms with Crippen molar-refractivity contribution in [3.63, 3.8) is 0 Å². The minimum atomic E-state index is -0.190. The van der Waals surface area contributed by atoms with Gasteiger partial charge in [-0.1, -0.05) is 6.07 Å². The van der Waals surface area contributed by atoms with Crippen LogP contribution in [0.25, 0.3) is 5.00 Å². The van der Waals surface area contributed by atoms with E-state index in [1.807, 2.05) is 26.1 Å². The molecule has 0 saturated carbocycles. The summed E-state index contributed by atoms with van der Waals surface area (Å²) in [5.41, 5.74) is 3.12. The Bertz CT molecular complexity index is 760. The van der Waals surface area contributed by atoms with Gasteiger partial charge in [0.2, 0.25) is 0 Å². The van der Waals surface area contributed by atoms with Crippen LogP contribution in [0, 0.1) is 19.7 Å². The molecule has 0 atom stereocenters. The van der Waals surface area contributed by atoms with Gasteiger partial charge in [-0.2, -0.15) is 0 Å². The molecule has 0 radical (unpaired) electrons. The van der Waals surface area contributed by atoms with Gasteiger partial charge in [-0.3, -0.25) is 4.57 Å². The van der Waals surface area contributed by atoms with Gasteiger partial charge in [0, 0.05) is 30.0 Å². The Morgan fingerprint density at radius 1 is 1.29 bits per heavy atom. The molecular formula is C16H16FN3S. The minimum Gasteiger partial charge on any atom is -0.380 e. The molecule has 0 amide bonds. The molecular weight excluding hydrogens is 285 g/mol. The van der Waals surface area contributed by atoms with Crippen LogP contribution in [0.1, 0.15) is 17.0 Å². The zero-order chi connectivity index (χ0) is 14.8. The van der Waals surface area contributed by atoms with E-state index >= 15 is 0 Å². The van der Waals surface area contributed by atoms with Crippen LogP contribution in [0.3, 0.4) is 0 Å². The Kier molecular flexibility index (Phi) is 3.75. The number of nitrogens with one attached hydrogen (secondary N) is 1. The summed E-state index contributed by atoms with van der Waals surface area (Å²) in [5.74, 6) is 0.780. The van der Waals surface area contributed by atoms with Gasteiger partial charge < -0.3 is 5.32 Å². The van der Waals surface area contributed by atoms with E-state index in [4.69, 9.17) is 0 Å². The topological polar surface area (TPSA) is 29.9 Å². The Labute approximate surface area is 127 Å². The molecule has 0 spiro atoms. The highest BCUT2D eigenvalue weighted by molar-refractivity contribution is 7.13. The lowest BCUT2D eigenvalue weighted by molar-refractivity contribution is 0.625. The van der Waals surface area contributed by atoms with E-state index in [2.05, 4.69) is 26.3 Å². The molecule has 0 saturated heterocycles. The van der Waals surface area contributed by atoms with Crippen LogP contribution < -0.4 is 5.32 Å². The average molecular weight is 301 g/mol. The van der Waals surface area contributed by atoms with E-state index in [9.17, 15) is 4.39 Å². The highest BCUT2D eigenvalue weighted by atomic mass is 32.1. The van der Waals surface area contributed by atoms with Crippen molar-refractivity contribution < 1.29 is 4.39 Å². The Morgan fingerprint density at radius 2 is 2.14 bits per heavy atom. The normalized spacial score (nSPS) is 10.8. The van der Waals surface area contributed by atoms with E-state index in [1.165, 1.54) is 6.07 Å². The summed E-state index contributed by atoms with van der Waals surface area (Å²) in [6.07, 6.45) is 3.75. The largest absolute Gasteiger partial charge is 0.380 e. The quantitative estimate of drug-likeness (QED) is 0.778. The van der Waals surface area contributed by atoms with Gasteiger partial charge >= 0.3 is 0 Å². The lowest BCUT2D eigenvalue weighted by Crippen LogP contribution is -2.00. The first kappa shape index (κ1) is 13.8. The number of hydrogen-bond acceptors (Lipinski definition) is 3. The van der Waals surface area contributed by atoms with Crippen molar-refractivity contribution in [1.82, 2.24) is 9.55 Å². The first-order chi connectivity index (χ1) is 10.1. The maximum absolute atomic E-state index is 13.1. The second-order valence-electron chi connectivity index (χ2n) is 4.94. The van der Waals surface area contributed by atoms with Crippen LogP contribution in [0.15, 0.2) is 42.0 Å². The molecule has 0 unspecified atom stereocenters. The van der Waals surface area contributed by atoms with Crippen molar-refractivity contribution in [3.05, 3.63) is 64.8 Å². The summed E-state index contributed by atoms with van der Waals surface area (Å²) in [5, 5.41) is 6.58. The zero-order valence-corrected chi connectivity index (χ0v) is 12.7. The summed E-state index contributed by atoms with van der Waals surface area (Å²) in [6.45, 7) is 4.59. The van der Waals surface area contributed by atoms with Gasteiger partial charge in [-0.25, -0.2) is 9.37 Å². The molecule has 2 heterocycles. The Balaban J connectivity index is 1.72. The highest BCUT2D eigenvalue weighted by Crippen LogP contribution is 2.24. The smallest absolute Gasteiger partial charge is 0.123 e. The number of imidazole rings is 1. The molecule has 0 aliphatic rings. The number of aryl methyl sites for hydroxylation is 2. The van der Waals surface area contributed by atoms with E-state index in [0.29, 0.717) is 6.54 Å². The molecule has 1 aromatic carbocycles. The zero-order valence-electron chi connectivity index (χ0n) is 11.9. The molecule has 0 aliphatic carbocycles. The summed E-state index contributed by atoms with van der Waals surface area (Å²) in [4.78, 5) is 4.23. The van der Waals surface area contributed by atoms with Crippen molar-refractivity contribution in [1.29, 1.82) is 0 Å². The Hall–Kier alpha value is -2.14. The number of halogens is 1. The van der Waals surface area contributed by atoms with Gasteiger partial charge in [-0.05, 0) is 43.2 Å². The lowest BCUT2D eigenvalue weighted by Gasteiger charge is -2.07. The van der Waals surface area contributed by atoms with Crippen molar-refractivity contribution in [2.45, 2.75) is 20.4 Å². The maximum Gasteiger partial charge on any atom is 0.123 e. The predicted molar refractivity (Wildman–Crippen MR) is 84.6 cm³/mol. The second kappa shape index (κ2) is 5.69. The van der Waals surface area contributed by atoms with Crippen molar-refractivity contribution in [2.75, 3.05) is 5.32 Å². The molecule has 21 heavy (non-hydrogen) atoms. The molecule has 3 aromatic rings. The van der Waals surface area contributed by atoms with Crippen LogP contribution >= 0.6 is 11.3 Å². The fourth-order valence-electron chi connectivity index (χ4n) is 2.21. The predicted octanol–water partition coefficient (Wildman–Crippen LogP) is 4.30. The van der Waals surface area contributed by atoms with Gasteiger partial charge in [0.1, 0.15) is 16.6 Å².